The van der Waals surface area contributed by atoms with Crippen molar-refractivity contribution in [3.05, 3.63) is 58.0 Å². The molecule has 0 fully saturated rings. The number of aryl methyl sites for hydroxylation is 1. The molecule has 134 valence electrons. The minimum absolute atomic E-state index is 0.158. The number of benzene rings is 1. The molecule has 0 bridgehead atoms. The highest BCUT2D eigenvalue weighted by atomic mass is 35.5. The first-order valence-corrected chi connectivity index (χ1v) is 8.17. The molecule has 0 aliphatic heterocycles. The van der Waals surface area contributed by atoms with Gasteiger partial charge in [-0.1, -0.05) is 29.3 Å². The Morgan fingerprint density at radius 1 is 1.15 bits per heavy atom. The third kappa shape index (κ3) is 3.49. The summed E-state index contributed by atoms with van der Waals surface area (Å²) in [6.07, 6.45) is 1.65. The first-order valence-electron chi connectivity index (χ1n) is 7.41. The minimum atomic E-state index is -1.29. The minimum Gasteiger partial charge on any atom is -0.466 e. The fourth-order valence-electron chi connectivity index (χ4n) is 2.34. The summed E-state index contributed by atoms with van der Waals surface area (Å²) in [6, 6.07) is 6.01. The fourth-order valence-corrected chi connectivity index (χ4v) is 2.64. The van der Waals surface area contributed by atoms with E-state index in [9.17, 15) is 9.59 Å². The van der Waals surface area contributed by atoms with E-state index in [0.717, 1.165) is 0 Å². The van der Waals surface area contributed by atoms with Gasteiger partial charge in [0.2, 0.25) is 6.10 Å². The van der Waals surface area contributed by atoms with E-state index in [4.69, 9.17) is 32.7 Å². The summed E-state index contributed by atoms with van der Waals surface area (Å²) >= 11 is 11.9. The van der Waals surface area contributed by atoms with Crippen LogP contribution >= 0.6 is 23.2 Å². The summed E-state index contributed by atoms with van der Waals surface area (Å²) in [6.45, 7) is 0. The molecule has 2 heterocycles. The van der Waals surface area contributed by atoms with Crippen molar-refractivity contribution in [2.24, 2.45) is 7.05 Å². The summed E-state index contributed by atoms with van der Waals surface area (Å²) in [4.78, 5) is 32.9. The molecule has 0 N–H and O–H groups in total. The van der Waals surface area contributed by atoms with E-state index >= 15 is 0 Å². The summed E-state index contributed by atoms with van der Waals surface area (Å²) in [5.41, 5.74) is 1.65. The molecule has 3 aromatic rings. The molecule has 3 rings (SSSR count). The highest BCUT2D eigenvalue weighted by Crippen LogP contribution is 2.28. The molecule has 2 aromatic heterocycles. The first kappa shape index (κ1) is 18.2. The monoisotopic (exact) mass is 393 g/mol. The van der Waals surface area contributed by atoms with Crippen LogP contribution in [-0.4, -0.2) is 33.6 Å². The van der Waals surface area contributed by atoms with Crippen LogP contribution in [0.1, 0.15) is 22.0 Å². The lowest BCUT2D eigenvalue weighted by Gasteiger charge is -2.16. The van der Waals surface area contributed by atoms with Crippen molar-refractivity contribution in [1.82, 2.24) is 14.5 Å². The van der Waals surface area contributed by atoms with Crippen molar-refractivity contribution >= 4 is 46.3 Å². The molecule has 0 amide bonds. The molecular formula is C17H13Cl2N3O4. The molecule has 0 aliphatic carbocycles. The van der Waals surface area contributed by atoms with E-state index in [1.165, 1.54) is 37.6 Å². The number of methoxy groups -OCH3 is 1. The molecule has 1 aromatic carbocycles. The van der Waals surface area contributed by atoms with Gasteiger partial charge in [-0.15, -0.1) is 0 Å². The normalized spacial score (nSPS) is 12.0. The molecule has 0 spiro atoms. The van der Waals surface area contributed by atoms with E-state index in [1.807, 2.05) is 0 Å². The van der Waals surface area contributed by atoms with Crippen LogP contribution in [0.4, 0.5) is 0 Å². The Hall–Kier alpha value is -2.64. The zero-order chi connectivity index (χ0) is 18.8. The number of rotatable bonds is 4. The number of carbonyl (C=O) groups is 2. The molecule has 0 saturated heterocycles. The van der Waals surface area contributed by atoms with E-state index in [1.54, 1.807) is 17.9 Å². The number of aromatic nitrogens is 3. The second kappa shape index (κ2) is 7.31. The van der Waals surface area contributed by atoms with Crippen LogP contribution < -0.4 is 0 Å². The Labute approximate surface area is 158 Å². The van der Waals surface area contributed by atoms with Gasteiger partial charge in [-0.2, -0.15) is 0 Å². The quantitative estimate of drug-likeness (QED) is 0.632. The van der Waals surface area contributed by atoms with Gasteiger partial charge >= 0.3 is 11.9 Å². The topological polar surface area (TPSA) is 83.3 Å². The van der Waals surface area contributed by atoms with E-state index in [-0.39, 0.29) is 10.6 Å². The zero-order valence-corrected chi connectivity index (χ0v) is 15.3. The number of fused-ring (bicyclic) bond motifs is 1. The maximum atomic E-state index is 12.5. The number of hydrogen-bond donors (Lipinski definition) is 0. The van der Waals surface area contributed by atoms with E-state index in [0.29, 0.717) is 21.7 Å². The molecule has 7 nitrogen and oxygen atoms in total. The number of ether oxygens (including phenoxy) is 2. The average molecular weight is 394 g/mol. The number of pyridine rings is 1. The van der Waals surface area contributed by atoms with Crippen LogP contribution in [0.3, 0.4) is 0 Å². The predicted molar refractivity (Wildman–Crippen MR) is 95.1 cm³/mol. The van der Waals surface area contributed by atoms with Crippen molar-refractivity contribution in [2.45, 2.75) is 6.10 Å². The fraction of sp³-hybridized carbons (Fsp3) is 0.176. The number of carbonyl (C=O) groups excluding carboxylic acids is 2. The Morgan fingerprint density at radius 3 is 2.62 bits per heavy atom. The van der Waals surface area contributed by atoms with Crippen LogP contribution in [0.5, 0.6) is 0 Å². The van der Waals surface area contributed by atoms with Gasteiger partial charge in [0, 0.05) is 18.8 Å². The van der Waals surface area contributed by atoms with Crippen LogP contribution in [0.25, 0.3) is 11.2 Å². The molecular weight excluding hydrogens is 381 g/mol. The summed E-state index contributed by atoms with van der Waals surface area (Å²) in [5, 5.41) is 0.542. The second-order valence-electron chi connectivity index (χ2n) is 5.40. The Bertz CT molecular complexity index is 1000. The summed E-state index contributed by atoms with van der Waals surface area (Å²) < 4.78 is 11.8. The van der Waals surface area contributed by atoms with Crippen molar-refractivity contribution < 1.29 is 19.1 Å². The van der Waals surface area contributed by atoms with Crippen molar-refractivity contribution in [3.63, 3.8) is 0 Å². The highest BCUT2D eigenvalue weighted by molar-refractivity contribution is 6.42. The molecule has 0 aliphatic rings. The molecule has 1 atom stereocenters. The largest absolute Gasteiger partial charge is 0.466 e. The molecule has 0 saturated carbocycles. The number of esters is 2. The molecule has 0 radical (unpaired) electrons. The number of imidazole rings is 1. The summed E-state index contributed by atoms with van der Waals surface area (Å²) in [5.74, 6) is -1.49. The highest BCUT2D eigenvalue weighted by Gasteiger charge is 2.27. The lowest BCUT2D eigenvalue weighted by atomic mass is 10.1. The molecule has 1 unspecified atom stereocenters. The van der Waals surface area contributed by atoms with Crippen molar-refractivity contribution in [3.8, 4) is 0 Å². The SMILES string of the molecule is COC(=O)C(OC(=O)c1cnc2c(c1)ncn2C)c1ccc(Cl)c(Cl)c1. The Kier molecular flexibility index (Phi) is 5.11. The standard InChI is InChI=1S/C17H13Cl2N3O4/c1-22-8-21-13-6-10(7-20-15(13)22)16(23)26-14(17(24)25-2)9-3-4-11(18)12(19)5-9/h3-8,14H,1-2H3. The molecule has 26 heavy (non-hydrogen) atoms. The smallest absolute Gasteiger partial charge is 0.351 e. The third-order valence-corrected chi connectivity index (χ3v) is 4.41. The van der Waals surface area contributed by atoms with Gasteiger partial charge in [0.05, 0.1) is 29.0 Å². The third-order valence-electron chi connectivity index (χ3n) is 3.67. The number of nitrogens with zero attached hydrogens (tertiary/aromatic N) is 3. The second-order valence-corrected chi connectivity index (χ2v) is 6.22. The van der Waals surface area contributed by atoms with E-state index < -0.39 is 18.0 Å². The number of halogens is 2. The lowest BCUT2D eigenvalue weighted by Crippen LogP contribution is -2.21. The first-order chi connectivity index (χ1) is 12.4. The van der Waals surface area contributed by atoms with Crippen LogP contribution in [-0.2, 0) is 21.3 Å². The number of hydrogen-bond acceptors (Lipinski definition) is 6. The van der Waals surface area contributed by atoms with Crippen LogP contribution in [0.2, 0.25) is 10.0 Å². The van der Waals surface area contributed by atoms with Gasteiger partial charge in [-0.05, 0) is 18.2 Å². The molecule has 9 heteroatoms. The van der Waals surface area contributed by atoms with Gasteiger partial charge in [-0.25, -0.2) is 19.6 Å². The Morgan fingerprint density at radius 2 is 1.92 bits per heavy atom. The van der Waals surface area contributed by atoms with Gasteiger partial charge in [0.25, 0.3) is 0 Å². The summed E-state index contributed by atoms with van der Waals surface area (Å²) in [7, 11) is 2.99. The van der Waals surface area contributed by atoms with Gasteiger partial charge in [0.1, 0.15) is 5.52 Å². The maximum Gasteiger partial charge on any atom is 0.351 e. The predicted octanol–water partition coefficient (Wildman–Crippen LogP) is 3.35. The van der Waals surface area contributed by atoms with Crippen molar-refractivity contribution in [1.29, 1.82) is 0 Å². The van der Waals surface area contributed by atoms with Crippen LogP contribution in [0.15, 0.2) is 36.8 Å². The van der Waals surface area contributed by atoms with Crippen molar-refractivity contribution in [2.75, 3.05) is 7.11 Å². The zero-order valence-electron chi connectivity index (χ0n) is 13.8. The van der Waals surface area contributed by atoms with E-state index in [2.05, 4.69) is 9.97 Å². The Balaban J connectivity index is 1.90. The maximum absolute atomic E-state index is 12.5. The van der Waals surface area contributed by atoms with Gasteiger partial charge in [-0.3, -0.25) is 0 Å². The average Bonchev–Trinajstić information content (AvgIpc) is 3.01. The van der Waals surface area contributed by atoms with Crippen LogP contribution in [0, 0.1) is 0 Å². The lowest BCUT2D eigenvalue weighted by molar-refractivity contribution is -0.151. The van der Waals surface area contributed by atoms with Gasteiger partial charge < -0.3 is 14.0 Å². The van der Waals surface area contributed by atoms with Gasteiger partial charge in [0.15, 0.2) is 5.65 Å².